The maximum Gasteiger partial charge on any atom is 0.416 e. The van der Waals surface area contributed by atoms with Gasteiger partial charge in [0.1, 0.15) is 5.71 Å². The predicted molar refractivity (Wildman–Crippen MR) is 96.6 cm³/mol. The van der Waals surface area contributed by atoms with Crippen molar-refractivity contribution >= 4 is 47.3 Å². The molecular weight excluding hydrogens is 400 g/mol. The highest BCUT2D eigenvalue weighted by Gasteiger charge is 2.30. The normalized spacial score (nSPS) is 11.6. The predicted octanol–water partition coefficient (Wildman–Crippen LogP) is 4.46. The van der Waals surface area contributed by atoms with Gasteiger partial charge in [-0.1, -0.05) is 41.4 Å². The van der Waals surface area contributed by atoms with E-state index in [-0.39, 0.29) is 29.1 Å². The van der Waals surface area contributed by atoms with Gasteiger partial charge in [-0.3, -0.25) is 0 Å². The highest BCUT2D eigenvalue weighted by molar-refractivity contribution is 6.42. The van der Waals surface area contributed by atoms with Gasteiger partial charge in [-0.15, -0.1) is 22.6 Å². The largest absolute Gasteiger partial charge is 0.416 e. The van der Waals surface area contributed by atoms with Gasteiger partial charge in [0.25, 0.3) is 0 Å². The van der Waals surface area contributed by atoms with Crippen molar-refractivity contribution in [2.75, 3.05) is 0 Å². The third-order valence-corrected chi connectivity index (χ3v) is 3.68. The average molecular weight is 412 g/mol. The Bertz CT molecular complexity index is 799. The van der Waals surface area contributed by atoms with Crippen LogP contribution in [-0.2, 0) is 6.18 Å². The van der Waals surface area contributed by atoms with Crippen LogP contribution in [0, 0.1) is 0 Å². The standard InChI is InChI=1S/C15H11Cl2F3N4.ClH/c16-11-6-3-9(7-12(11)17)13(23-24-14(21)22)8-1-4-10(5-2-8)15(18,19)20;/h1-7H,(H4,21,22,24);1H/b23-13-;. The van der Waals surface area contributed by atoms with Gasteiger partial charge in [0.05, 0.1) is 15.6 Å². The smallest absolute Gasteiger partial charge is 0.369 e. The molecule has 0 aliphatic carbocycles. The van der Waals surface area contributed by atoms with E-state index in [0.29, 0.717) is 16.1 Å². The summed E-state index contributed by atoms with van der Waals surface area (Å²) in [7, 11) is 0. The minimum atomic E-state index is -4.43. The Kier molecular flexibility index (Phi) is 7.10. The molecule has 2 rings (SSSR count). The summed E-state index contributed by atoms with van der Waals surface area (Å²) in [5.41, 5.74) is 10.9. The second-order valence-corrected chi connectivity index (χ2v) is 5.49. The fraction of sp³-hybridized carbons (Fsp3) is 0.0667. The lowest BCUT2D eigenvalue weighted by atomic mass is 10.0. The summed E-state index contributed by atoms with van der Waals surface area (Å²) in [6, 6.07) is 9.08. The van der Waals surface area contributed by atoms with Crippen LogP contribution in [0.4, 0.5) is 13.2 Å². The van der Waals surface area contributed by atoms with Gasteiger partial charge in [0, 0.05) is 11.1 Å². The van der Waals surface area contributed by atoms with E-state index in [9.17, 15) is 13.2 Å². The fourth-order valence-corrected chi connectivity index (χ4v) is 2.15. The minimum absolute atomic E-state index is 0. The molecule has 134 valence electrons. The molecule has 0 saturated heterocycles. The maximum absolute atomic E-state index is 12.7. The molecule has 4 nitrogen and oxygen atoms in total. The summed E-state index contributed by atoms with van der Waals surface area (Å²) in [6.45, 7) is 0. The lowest BCUT2D eigenvalue weighted by molar-refractivity contribution is -0.137. The van der Waals surface area contributed by atoms with Crippen molar-refractivity contribution in [1.29, 1.82) is 0 Å². The molecular formula is C15H12Cl3F3N4. The van der Waals surface area contributed by atoms with Crippen molar-refractivity contribution in [2.45, 2.75) is 6.18 Å². The fourth-order valence-electron chi connectivity index (χ4n) is 1.85. The van der Waals surface area contributed by atoms with Gasteiger partial charge in [-0.05, 0) is 24.3 Å². The number of alkyl halides is 3. The molecule has 0 atom stereocenters. The van der Waals surface area contributed by atoms with Gasteiger partial charge in [0.15, 0.2) is 0 Å². The molecule has 0 saturated carbocycles. The minimum Gasteiger partial charge on any atom is -0.369 e. The molecule has 0 aliphatic heterocycles. The first-order chi connectivity index (χ1) is 11.2. The lowest BCUT2D eigenvalue weighted by Gasteiger charge is -2.10. The molecule has 0 bridgehead atoms. The molecule has 0 fully saturated rings. The molecule has 0 unspecified atom stereocenters. The van der Waals surface area contributed by atoms with E-state index in [2.05, 4.69) is 10.2 Å². The van der Waals surface area contributed by atoms with Crippen molar-refractivity contribution < 1.29 is 13.2 Å². The zero-order valence-electron chi connectivity index (χ0n) is 12.4. The topological polar surface area (TPSA) is 76.8 Å². The number of nitrogens with two attached hydrogens (primary N) is 2. The summed E-state index contributed by atoms with van der Waals surface area (Å²) in [4.78, 5) is 0. The maximum atomic E-state index is 12.7. The number of guanidine groups is 1. The van der Waals surface area contributed by atoms with Crippen LogP contribution in [0.5, 0.6) is 0 Å². The summed E-state index contributed by atoms with van der Waals surface area (Å²) in [5.74, 6) is -0.292. The third-order valence-electron chi connectivity index (χ3n) is 2.94. The molecule has 0 heterocycles. The molecule has 0 radical (unpaired) electrons. The van der Waals surface area contributed by atoms with Crippen molar-refractivity contribution in [2.24, 2.45) is 21.7 Å². The molecule has 2 aromatic rings. The zero-order valence-corrected chi connectivity index (χ0v) is 14.7. The van der Waals surface area contributed by atoms with E-state index >= 15 is 0 Å². The van der Waals surface area contributed by atoms with Gasteiger partial charge in [0.2, 0.25) is 5.96 Å². The van der Waals surface area contributed by atoms with Crippen LogP contribution in [0.3, 0.4) is 0 Å². The Hall–Kier alpha value is -1.96. The molecule has 25 heavy (non-hydrogen) atoms. The van der Waals surface area contributed by atoms with Crippen LogP contribution in [0.1, 0.15) is 16.7 Å². The molecule has 10 heteroatoms. The Labute approximate surface area is 157 Å². The van der Waals surface area contributed by atoms with Crippen molar-refractivity contribution in [3.8, 4) is 0 Å². The second kappa shape index (κ2) is 8.42. The van der Waals surface area contributed by atoms with E-state index in [0.717, 1.165) is 12.1 Å². The average Bonchev–Trinajstić information content (AvgIpc) is 2.50. The Balaban J connectivity index is 0.00000312. The highest BCUT2D eigenvalue weighted by Crippen LogP contribution is 2.30. The van der Waals surface area contributed by atoms with E-state index in [4.69, 9.17) is 34.7 Å². The van der Waals surface area contributed by atoms with E-state index in [1.807, 2.05) is 0 Å². The van der Waals surface area contributed by atoms with Crippen LogP contribution >= 0.6 is 35.6 Å². The van der Waals surface area contributed by atoms with E-state index in [1.54, 1.807) is 6.07 Å². The first-order valence-electron chi connectivity index (χ1n) is 6.48. The molecule has 4 N–H and O–H groups in total. The number of halogens is 6. The summed E-state index contributed by atoms with van der Waals surface area (Å²) >= 11 is 11.8. The Morgan fingerprint density at radius 2 is 1.40 bits per heavy atom. The highest BCUT2D eigenvalue weighted by atomic mass is 35.5. The van der Waals surface area contributed by atoms with Gasteiger partial charge in [-0.2, -0.15) is 13.2 Å². The number of hydrogen-bond acceptors (Lipinski definition) is 2. The number of rotatable bonds is 3. The van der Waals surface area contributed by atoms with Crippen molar-refractivity contribution in [3.63, 3.8) is 0 Å². The van der Waals surface area contributed by atoms with Gasteiger partial charge < -0.3 is 11.5 Å². The second-order valence-electron chi connectivity index (χ2n) is 4.68. The third kappa shape index (κ3) is 5.52. The molecule has 0 amide bonds. The van der Waals surface area contributed by atoms with Crippen LogP contribution in [0.15, 0.2) is 52.7 Å². The SMILES string of the molecule is Cl.NC(N)=N/N=C(/c1ccc(C(F)(F)F)cc1)c1ccc(Cl)c(Cl)c1. The quantitative estimate of drug-likeness (QED) is 0.444. The molecule has 2 aromatic carbocycles. The number of nitrogens with zero attached hydrogens (tertiary/aromatic N) is 2. The van der Waals surface area contributed by atoms with Crippen LogP contribution < -0.4 is 11.5 Å². The van der Waals surface area contributed by atoms with Crippen molar-refractivity contribution in [3.05, 3.63) is 69.2 Å². The number of benzene rings is 2. The van der Waals surface area contributed by atoms with Crippen LogP contribution in [0.2, 0.25) is 10.0 Å². The summed E-state index contributed by atoms with van der Waals surface area (Å²) in [5, 5.41) is 8.05. The van der Waals surface area contributed by atoms with Crippen molar-refractivity contribution in [1.82, 2.24) is 0 Å². The zero-order chi connectivity index (χ0) is 17.9. The summed E-state index contributed by atoms with van der Waals surface area (Å²) in [6.07, 6.45) is -4.43. The van der Waals surface area contributed by atoms with Crippen LogP contribution in [-0.4, -0.2) is 11.7 Å². The summed E-state index contributed by atoms with van der Waals surface area (Å²) < 4.78 is 38.0. The van der Waals surface area contributed by atoms with Crippen LogP contribution in [0.25, 0.3) is 0 Å². The first kappa shape index (κ1) is 21.1. The lowest BCUT2D eigenvalue weighted by Crippen LogP contribution is -2.22. The monoisotopic (exact) mass is 410 g/mol. The van der Waals surface area contributed by atoms with E-state index in [1.165, 1.54) is 24.3 Å². The van der Waals surface area contributed by atoms with Gasteiger partial charge >= 0.3 is 6.18 Å². The molecule has 0 aliphatic rings. The Morgan fingerprint density at radius 3 is 1.88 bits per heavy atom. The molecule has 0 spiro atoms. The van der Waals surface area contributed by atoms with Gasteiger partial charge in [-0.25, -0.2) is 0 Å². The van der Waals surface area contributed by atoms with E-state index < -0.39 is 11.7 Å². The molecule has 0 aromatic heterocycles. The first-order valence-corrected chi connectivity index (χ1v) is 7.23. The number of hydrogen-bond donors (Lipinski definition) is 2. The Morgan fingerprint density at radius 1 is 0.840 bits per heavy atom.